The molecule has 0 amide bonds. The van der Waals surface area contributed by atoms with E-state index in [0.717, 1.165) is 50.1 Å². The molecule has 7 rings (SSSR count). The molecule has 252 valence electrons. The van der Waals surface area contributed by atoms with Gasteiger partial charge >= 0.3 is 5.69 Å². The second-order valence-corrected chi connectivity index (χ2v) is 13.4. The van der Waals surface area contributed by atoms with Crippen molar-refractivity contribution in [3.8, 4) is 11.8 Å². The summed E-state index contributed by atoms with van der Waals surface area (Å²) < 4.78 is 39.5. The van der Waals surface area contributed by atoms with Gasteiger partial charge in [-0.15, -0.1) is 11.8 Å². The van der Waals surface area contributed by atoms with E-state index >= 15 is 0 Å². The Morgan fingerprint density at radius 2 is 1.63 bits per heavy atom. The molecular formula is C35H35F2N9O2S. The number of aromatic nitrogens is 6. The Balaban J connectivity index is 0.927. The lowest BCUT2D eigenvalue weighted by Crippen LogP contribution is -2.46. The molecule has 5 aromatic rings. The van der Waals surface area contributed by atoms with Gasteiger partial charge in [0.15, 0.2) is 0 Å². The van der Waals surface area contributed by atoms with Gasteiger partial charge in [0.1, 0.15) is 47.7 Å². The third-order valence-corrected chi connectivity index (χ3v) is 10.4. The highest BCUT2D eigenvalue weighted by Crippen LogP contribution is 2.45. The van der Waals surface area contributed by atoms with Gasteiger partial charge in [0.05, 0.1) is 18.3 Å². The van der Waals surface area contributed by atoms with Crippen LogP contribution in [0.15, 0.2) is 90.5 Å². The molecule has 2 aliphatic heterocycles. The molecule has 3 unspecified atom stereocenters. The van der Waals surface area contributed by atoms with Gasteiger partial charge in [-0.2, -0.15) is 20.1 Å². The zero-order valence-corrected chi connectivity index (χ0v) is 27.7. The molecule has 2 saturated heterocycles. The normalized spacial score (nSPS) is 20.0. The fourth-order valence-corrected chi connectivity index (χ4v) is 7.63. The van der Waals surface area contributed by atoms with E-state index in [1.807, 2.05) is 30.3 Å². The molecule has 0 aliphatic carbocycles. The molecule has 0 bridgehead atoms. The second-order valence-electron chi connectivity index (χ2n) is 12.3. The van der Waals surface area contributed by atoms with Crippen molar-refractivity contribution >= 4 is 23.1 Å². The van der Waals surface area contributed by atoms with Gasteiger partial charge in [-0.1, -0.05) is 18.2 Å². The summed E-state index contributed by atoms with van der Waals surface area (Å²) in [5, 5.41) is 17.4. The first-order valence-electron chi connectivity index (χ1n) is 16.1. The molecular weight excluding hydrogens is 649 g/mol. The number of nitriles is 1. The van der Waals surface area contributed by atoms with Gasteiger partial charge in [0, 0.05) is 54.9 Å². The van der Waals surface area contributed by atoms with E-state index in [2.05, 4.69) is 49.2 Å². The fourth-order valence-electron chi connectivity index (χ4n) is 6.53. The van der Waals surface area contributed by atoms with E-state index in [1.54, 1.807) is 29.7 Å². The van der Waals surface area contributed by atoms with Crippen LogP contribution in [0.1, 0.15) is 36.9 Å². The first kappa shape index (κ1) is 32.5. The van der Waals surface area contributed by atoms with Gasteiger partial charge in [-0.05, 0) is 67.8 Å². The molecule has 2 fully saturated rings. The Labute approximate surface area is 286 Å². The van der Waals surface area contributed by atoms with Gasteiger partial charge in [-0.3, -0.25) is 0 Å². The van der Waals surface area contributed by atoms with E-state index in [-0.39, 0.29) is 17.7 Å². The maximum absolute atomic E-state index is 15.0. The third kappa shape index (κ3) is 6.81. The molecule has 49 heavy (non-hydrogen) atoms. The van der Waals surface area contributed by atoms with Crippen molar-refractivity contribution in [2.24, 2.45) is 0 Å². The van der Waals surface area contributed by atoms with Crippen LogP contribution in [-0.4, -0.2) is 60.7 Å². The van der Waals surface area contributed by atoms with Crippen LogP contribution in [0.3, 0.4) is 0 Å². The summed E-state index contributed by atoms with van der Waals surface area (Å²) in [7, 11) is 0. The SMILES string of the molecule is CC(C#N)n1ncn(-c2ccc(N3CCN(c4ccc(CSC5CCC(Cn6cncn6)(c6ccc(F)cc6F)O5)cc4)CC3)cc2)c1=O. The zero-order chi connectivity index (χ0) is 34.0. The van der Waals surface area contributed by atoms with Crippen molar-refractivity contribution in [1.29, 1.82) is 5.26 Å². The molecule has 0 saturated carbocycles. The Kier molecular flexibility index (Phi) is 9.20. The average Bonchev–Trinajstić information content (AvgIpc) is 3.88. The van der Waals surface area contributed by atoms with Crippen LogP contribution >= 0.6 is 11.8 Å². The number of benzene rings is 3. The molecule has 3 aromatic carbocycles. The minimum absolute atomic E-state index is 0.152. The van der Waals surface area contributed by atoms with E-state index in [0.29, 0.717) is 17.7 Å². The van der Waals surface area contributed by atoms with Crippen molar-refractivity contribution < 1.29 is 13.5 Å². The summed E-state index contributed by atoms with van der Waals surface area (Å²) in [6.07, 6.45) is 5.77. The Morgan fingerprint density at radius 3 is 2.27 bits per heavy atom. The number of anilines is 2. The van der Waals surface area contributed by atoms with Crippen LogP contribution < -0.4 is 15.5 Å². The van der Waals surface area contributed by atoms with E-state index in [1.165, 1.54) is 45.3 Å². The number of halogens is 2. The Hall–Kier alpha value is -5.00. The first-order chi connectivity index (χ1) is 23.8. The van der Waals surface area contributed by atoms with Crippen molar-refractivity contribution in [3.63, 3.8) is 0 Å². The predicted molar refractivity (Wildman–Crippen MR) is 182 cm³/mol. The number of rotatable bonds is 10. The Bertz CT molecular complexity index is 1990. The van der Waals surface area contributed by atoms with E-state index in [4.69, 9.17) is 10.00 Å². The van der Waals surface area contributed by atoms with Crippen molar-refractivity contribution in [2.75, 3.05) is 36.0 Å². The molecule has 0 radical (unpaired) electrons. The van der Waals surface area contributed by atoms with Crippen LogP contribution in [0.4, 0.5) is 20.2 Å². The molecule has 2 aromatic heterocycles. The van der Waals surface area contributed by atoms with Gasteiger partial charge in [0.25, 0.3) is 0 Å². The number of hydrogen-bond donors (Lipinski definition) is 0. The largest absolute Gasteiger partial charge is 0.368 e. The molecule has 0 spiro atoms. The smallest absolute Gasteiger partial charge is 0.351 e. The molecule has 4 heterocycles. The van der Waals surface area contributed by atoms with E-state index in [9.17, 15) is 13.6 Å². The van der Waals surface area contributed by atoms with Crippen LogP contribution in [-0.2, 0) is 22.6 Å². The molecule has 3 atom stereocenters. The standard InChI is InChI=1S/C35H35F2N9O2S/c1-25(19-38)46-34(47)45(24-41-46)30-9-7-29(8-10-30)43-16-14-42(15-17-43)28-5-2-26(3-6-28)20-49-33-12-13-35(48-33,21-44-23-39-22-40-44)31-11-4-27(36)18-32(31)37/h2-11,18,22-25,33H,12-17,20-21H2,1H3. The predicted octanol–water partition coefficient (Wildman–Crippen LogP) is 5.28. The summed E-state index contributed by atoms with van der Waals surface area (Å²) >= 11 is 1.68. The second kappa shape index (κ2) is 13.9. The lowest BCUT2D eigenvalue weighted by Gasteiger charge is -2.37. The minimum atomic E-state index is -0.960. The highest BCUT2D eigenvalue weighted by molar-refractivity contribution is 7.99. The molecule has 2 aliphatic rings. The summed E-state index contributed by atoms with van der Waals surface area (Å²) in [6.45, 7) is 5.39. The van der Waals surface area contributed by atoms with Gasteiger partial charge in [0.2, 0.25) is 0 Å². The number of nitrogens with zero attached hydrogens (tertiary/aromatic N) is 9. The molecule has 0 N–H and O–H groups in total. The molecule has 11 nitrogen and oxygen atoms in total. The summed E-state index contributed by atoms with van der Waals surface area (Å²) in [6, 6.07) is 21.5. The minimum Gasteiger partial charge on any atom is -0.368 e. The number of ether oxygens (including phenoxy) is 1. The average molecular weight is 684 g/mol. The number of piperazine rings is 1. The van der Waals surface area contributed by atoms with Gasteiger partial charge < -0.3 is 14.5 Å². The van der Waals surface area contributed by atoms with Crippen LogP contribution in [0.2, 0.25) is 0 Å². The lowest BCUT2D eigenvalue weighted by atomic mass is 9.90. The summed E-state index contributed by atoms with van der Waals surface area (Å²) in [5.74, 6) is -0.499. The number of thioether (sulfide) groups is 1. The third-order valence-electron chi connectivity index (χ3n) is 9.20. The maximum Gasteiger partial charge on any atom is 0.351 e. The van der Waals surface area contributed by atoms with E-state index < -0.39 is 23.3 Å². The molecule has 14 heteroatoms. The summed E-state index contributed by atoms with van der Waals surface area (Å²) in [4.78, 5) is 21.4. The Morgan fingerprint density at radius 1 is 0.959 bits per heavy atom. The lowest BCUT2D eigenvalue weighted by molar-refractivity contribution is -0.0317. The van der Waals surface area contributed by atoms with Crippen LogP contribution in [0.25, 0.3) is 5.69 Å². The van der Waals surface area contributed by atoms with Crippen molar-refractivity contribution in [2.45, 2.75) is 49.1 Å². The van der Waals surface area contributed by atoms with Gasteiger partial charge in [-0.25, -0.2) is 27.8 Å². The van der Waals surface area contributed by atoms with Crippen LogP contribution in [0.5, 0.6) is 0 Å². The summed E-state index contributed by atoms with van der Waals surface area (Å²) in [5.41, 5.74) is 3.01. The zero-order valence-electron chi connectivity index (χ0n) is 26.9. The van der Waals surface area contributed by atoms with Crippen LogP contribution in [0, 0.1) is 23.0 Å². The monoisotopic (exact) mass is 683 g/mol. The fraction of sp³-hybridized carbons (Fsp3) is 0.343. The maximum atomic E-state index is 15.0. The van der Waals surface area contributed by atoms with Crippen molar-refractivity contribution in [3.05, 3.63) is 119 Å². The topological polar surface area (TPSA) is 110 Å². The quantitative estimate of drug-likeness (QED) is 0.194. The first-order valence-corrected chi connectivity index (χ1v) is 17.2. The highest BCUT2D eigenvalue weighted by atomic mass is 32.2. The number of hydrogen-bond acceptors (Lipinski definition) is 9. The van der Waals surface area contributed by atoms with Crippen molar-refractivity contribution in [1.82, 2.24) is 29.1 Å². The highest BCUT2D eigenvalue weighted by Gasteiger charge is 2.44.